The van der Waals surface area contributed by atoms with Crippen molar-refractivity contribution in [3.8, 4) is 0 Å². The molecule has 0 saturated carbocycles. The highest BCUT2D eigenvalue weighted by Crippen LogP contribution is 2.04. The van der Waals surface area contributed by atoms with Gasteiger partial charge in [-0.05, 0) is 6.92 Å². The lowest BCUT2D eigenvalue weighted by Gasteiger charge is -1.95. The third-order valence-electron chi connectivity index (χ3n) is 0.647. The van der Waals surface area contributed by atoms with Crippen LogP contribution in [-0.4, -0.2) is 17.0 Å². The number of thioether (sulfide) groups is 1. The first-order valence-electron chi connectivity index (χ1n) is 2.08. The van der Waals surface area contributed by atoms with Gasteiger partial charge in [-0.15, -0.1) is 16.9 Å². The molecule has 0 atom stereocenters. The summed E-state index contributed by atoms with van der Waals surface area (Å²) in [5, 5.41) is 8.54. The Hall–Kier alpha value is -0.310. The SMILES string of the molecule is CC1=NN=CCS1. The lowest BCUT2D eigenvalue weighted by molar-refractivity contribution is 1.25. The van der Waals surface area contributed by atoms with Crippen molar-refractivity contribution in [1.82, 2.24) is 0 Å². The van der Waals surface area contributed by atoms with Crippen LogP contribution in [0.15, 0.2) is 10.2 Å². The summed E-state index contributed by atoms with van der Waals surface area (Å²) >= 11 is 1.72. The molecule has 1 aliphatic rings. The molecule has 1 rings (SSSR count). The van der Waals surface area contributed by atoms with E-state index < -0.39 is 0 Å². The molecule has 0 aliphatic carbocycles. The topological polar surface area (TPSA) is 24.7 Å². The predicted molar refractivity (Wildman–Crippen MR) is 34.1 cm³/mol. The molecule has 0 saturated heterocycles. The molecule has 0 radical (unpaired) electrons. The molecule has 1 aliphatic heterocycles. The van der Waals surface area contributed by atoms with E-state index in [-0.39, 0.29) is 0 Å². The van der Waals surface area contributed by atoms with Gasteiger partial charge in [-0.2, -0.15) is 5.10 Å². The summed E-state index contributed by atoms with van der Waals surface area (Å²) in [4.78, 5) is 0. The zero-order chi connectivity index (χ0) is 5.11. The van der Waals surface area contributed by atoms with Crippen molar-refractivity contribution in [1.29, 1.82) is 0 Å². The Balaban J connectivity index is 2.57. The molecule has 3 heteroatoms. The van der Waals surface area contributed by atoms with Crippen LogP contribution in [-0.2, 0) is 0 Å². The highest BCUT2D eigenvalue weighted by Gasteiger charge is 1.92. The van der Waals surface area contributed by atoms with Crippen LogP contribution < -0.4 is 0 Å². The maximum atomic E-state index is 3.78. The van der Waals surface area contributed by atoms with Crippen molar-refractivity contribution in [2.75, 3.05) is 5.75 Å². The van der Waals surface area contributed by atoms with Crippen LogP contribution >= 0.6 is 11.8 Å². The van der Waals surface area contributed by atoms with Gasteiger partial charge < -0.3 is 0 Å². The highest BCUT2D eigenvalue weighted by molar-refractivity contribution is 8.14. The summed E-state index contributed by atoms with van der Waals surface area (Å²) in [6.07, 6.45) is 1.80. The fourth-order valence-corrected chi connectivity index (χ4v) is 0.829. The quantitative estimate of drug-likeness (QED) is 0.463. The van der Waals surface area contributed by atoms with E-state index in [2.05, 4.69) is 10.2 Å². The summed E-state index contributed by atoms with van der Waals surface area (Å²) in [7, 11) is 0. The third kappa shape index (κ3) is 1.31. The van der Waals surface area contributed by atoms with Crippen molar-refractivity contribution >= 4 is 23.0 Å². The van der Waals surface area contributed by atoms with Crippen molar-refractivity contribution in [2.24, 2.45) is 10.2 Å². The van der Waals surface area contributed by atoms with Crippen molar-refractivity contribution in [3.63, 3.8) is 0 Å². The molecule has 0 N–H and O–H groups in total. The smallest absolute Gasteiger partial charge is 0.0931 e. The number of hydrogen-bond acceptors (Lipinski definition) is 3. The summed E-state index contributed by atoms with van der Waals surface area (Å²) < 4.78 is 0. The molecule has 7 heavy (non-hydrogen) atoms. The van der Waals surface area contributed by atoms with Gasteiger partial charge in [-0.3, -0.25) is 0 Å². The van der Waals surface area contributed by atoms with Crippen molar-refractivity contribution in [3.05, 3.63) is 0 Å². The first-order chi connectivity index (χ1) is 3.39. The highest BCUT2D eigenvalue weighted by atomic mass is 32.2. The lowest BCUT2D eigenvalue weighted by Crippen LogP contribution is -1.92. The second-order valence-electron chi connectivity index (χ2n) is 1.23. The molecular formula is C4H6N2S. The molecular weight excluding hydrogens is 108 g/mol. The Bertz CT molecular complexity index is 117. The Morgan fingerprint density at radius 2 is 2.71 bits per heavy atom. The molecule has 0 spiro atoms. The summed E-state index contributed by atoms with van der Waals surface area (Å²) in [6.45, 7) is 1.96. The zero-order valence-corrected chi connectivity index (χ0v) is 4.90. The summed E-state index contributed by atoms with van der Waals surface area (Å²) in [5.41, 5.74) is 0. The van der Waals surface area contributed by atoms with E-state index in [0.717, 1.165) is 10.8 Å². The standard InChI is InChI=1S/C4H6N2S/c1-4-6-5-2-3-7-4/h2H,3H2,1H3. The Morgan fingerprint density at radius 1 is 1.86 bits per heavy atom. The monoisotopic (exact) mass is 114 g/mol. The van der Waals surface area contributed by atoms with E-state index in [9.17, 15) is 0 Å². The molecule has 0 aromatic rings. The minimum absolute atomic E-state index is 0.981. The molecule has 0 aromatic carbocycles. The number of nitrogens with zero attached hydrogens (tertiary/aromatic N) is 2. The molecule has 2 nitrogen and oxygen atoms in total. The molecule has 0 unspecified atom stereocenters. The van der Waals surface area contributed by atoms with E-state index in [1.54, 1.807) is 18.0 Å². The maximum absolute atomic E-state index is 3.78. The minimum Gasteiger partial charge on any atom is -0.162 e. The maximum Gasteiger partial charge on any atom is 0.0931 e. The fraction of sp³-hybridized carbons (Fsp3) is 0.500. The first kappa shape index (κ1) is 4.84. The molecule has 0 bridgehead atoms. The second-order valence-corrected chi connectivity index (χ2v) is 2.44. The third-order valence-corrected chi connectivity index (χ3v) is 1.46. The van der Waals surface area contributed by atoms with Crippen LogP contribution in [0.3, 0.4) is 0 Å². The largest absolute Gasteiger partial charge is 0.162 e. The van der Waals surface area contributed by atoms with E-state index in [0.29, 0.717) is 0 Å². The van der Waals surface area contributed by atoms with Gasteiger partial charge in [0.25, 0.3) is 0 Å². The van der Waals surface area contributed by atoms with Crippen LogP contribution in [0.25, 0.3) is 0 Å². The first-order valence-corrected chi connectivity index (χ1v) is 3.07. The molecule has 38 valence electrons. The van der Waals surface area contributed by atoms with Gasteiger partial charge in [0.1, 0.15) is 0 Å². The normalized spacial score (nSPS) is 19.3. The van der Waals surface area contributed by atoms with Crippen LogP contribution in [0.4, 0.5) is 0 Å². The van der Waals surface area contributed by atoms with Crippen LogP contribution in [0, 0.1) is 0 Å². The fourth-order valence-electron chi connectivity index (χ4n) is 0.342. The predicted octanol–water partition coefficient (Wildman–Crippen LogP) is 1.14. The van der Waals surface area contributed by atoms with Gasteiger partial charge in [-0.25, -0.2) is 0 Å². The molecule has 1 heterocycles. The molecule has 0 aromatic heterocycles. The van der Waals surface area contributed by atoms with Gasteiger partial charge in [0.15, 0.2) is 0 Å². The number of rotatable bonds is 0. The summed E-state index contributed by atoms with van der Waals surface area (Å²) in [5.74, 6) is 0.981. The average Bonchev–Trinajstić information content (AvgIpc) is 1.69. The van der Waals surface area contributed by atoms with Gasteiger partial charge >= 0.3 is 0 Å². The lowest BCUT2D eigenvalue weighted by atomic mass is 10.8. The van der Waals surface area contributed by atoms with Crippen LogP contribution in [0.2, 0.25) is 0 Å². The van der Waals surface area contributed by atoms with Crippen molar-refractivity contribution in [2.45, 2.75) is 6.92 Å². The Morgan fingerprint density at radius 3 is 3.00 bits per heavy atom. The van der Waals surface area contributed by atoms with E-state index >= 15 is 0 Å². The second kappa shape index (κ2) is 2.12. The van der Waals surface area contributed by atoms with Crippen LogP contribution in [0.5, 0.6) is 0 Å². The molecule has 0 amide bonds. The van der Waals surface area contributed by atoms with Gasteiger partial charge in [0.2, 0.25) is 0 Å². The van der Waals surface area contributed by atoms with Gasteiger partial charge in [0, 0.05) is 12.0 Å². The summed E-state index contributed by atoms with van der Waals surface area (Å²) in [6, 6.07) is 0. The van der Waals surface area contributed by atoms with Crippen molar-refractivity contribution < 1.29 is 0 Å². The average molecular weight is 114 g/mol. The van der Waals surface area contributed by atoms with E-state index in [4.69, 9.17) is 0 Å². The minimum atomic E-state index is 0.981. The zero-order valence-electron chi connectivity index (χ0n) is 4.09. The van der Waals surface area contributed by atoms with Gasteiger partial charge in [-0.1, -0.05) is 0 Å². The van der Waals surface area contributed by atoms with E-state index in [1.807, 2.05) is 6.92 Å². The van der Waals surface area contributed by atoms with E-state index in [1.165, 1.54) is 0 Å². The van der Waals surface area contributed by atoms with Crippen LogP contribution in [0.1, 0.15) is 6.92 Å². The van der Waals surface area contributed by atoms with Gasteiger partial charge in [0.05, 0.1) is 5.04 Å². The Kier molecular flexibility index (Phi) is 1.46. The molecule has 0 fully saturated rings. The Labute approximate surface area is 46.7 Å². The number of hydrogen-bond donors (Lipinski definition) is 0.